The highest BCUT2D eigenvalue weighted by Gasteiger charge is 2.10. The standard InChI is InChI=1S/C19H23ClFNO3/c1-22(10-5-11-24-17-7-4-6-15(20)12-17)13-16(23)14-25-19-9-3-2-8-18(19)21/h2-4,6-9,12,16,23H,5,10-11,13-14H2,1H3. The number of benzene rings is 2. The van der Waals surface area contributed by atoms with Crippen LogP contribution in [0.25, 0.3) is 0 Å². The van der Waals surface area contributed by atoms with Crippen molar-refractivity contribution in [2.45, 2.75) is 12.5 Å². The molecule has 2 aromatic rings. The molecule has 25 heavy (non-hydrogen) atoms. The molecule has 0 bridgehead atoms. The second-order valence-corrected chi connectivity index (χ2v) is 6.25. The molecular formula is C19H23ClFNO3. The zero-order valence-corrected chi connectivity index (χ0v) is 15.0. The molecule has 0 radical (unpaired) electrons. The molecule has 0 aromatic heterocycles. The van der Waals surface area contributed by atoms with Crippen molar-refractivity contribution in [1.29, 1.82) is 0 Å². The number of likely N-dealkylation sites (N-methyl/N-ethyl adjacent to an activating group) is 1. The van der Waals surface area contributed by atoms with Gasteiger partial charge in [-0.25, -0.2) is 4.39 Å². The molecule has 0 amide bonds. The van der Waals surface area contributed by atoms with Crippen molar-refractivity contribution in [3.63, 3.8) is 0 Å². The van der Waals surface area contributed by atoms with E-state index in [0.29, 0.717) is 18.2 Å². The van der Waals surface area contributed by atoms with Gasteiger partial charge in [0, 0.05) is 18.1 Å². The lowest BCUT2D eigenvalue weighted by atomic mass is 10.3. The number of ether oxygens (including phenoxy) is 2. The van der Waals surface area contributed by atoms with Crippen LogP contribution in [-0.2, 0) is 0 Å². The highest BCUT2D eigenvalue weighted by Crippen LogP contribution is 2.17. The van der Waals surface area contributed by atoms with E-state index in [-0.39, 0.29) is 12.4 Å². The third-order valence-electron chi connectivity index (χ3n) is 3.54. The number of para-hydroxylation sites is 1. The molecule has 0 heterocycles. The van der Waals surface area contributed by atoms with Crippen molar-refractivity contribution in [2.75, 3.05) is 33.4 Å². The van der Waals surface area contributed by atoms with Crippen LogP contribution in [0, 0.1) is 5.82 Å². The molecule has 0 aliphatic rings. The fourth-order valence-electron chi connectivity index (χ4n) is 2.33. The van der Waals surface area contributed by atoms with Crippen LogP contribution in [0.5, 0.6) is 11.5 Å². The maximum absolute atomic E-state index is 13.4. The van der Waals surface area contributed by atoms with E-state index >= 15 is 0 Å². The fourth-order valence-corrected chi connectivity index (χ4v) is 2.51. The van der Waals surface area contributed by atoms with Crippen LogP contribution in [0.1, 0.15) is 6.42 Å². The molecule has 0 aliphatic heterocycles. The average molecular weight is 368 g/mol. The highest BCUT2D eigenvalue weighted by molar-refractivity contribution is 6.30. The number of rotatable bonds is 10. The fraction of sp³-hybridized carbons (Fsp3) is 0.368. The van der Waals surface area contributed by atoms with E-state index in [2.05, 4.69) is 0 Å². The van der Waals surface area contributed by atoms with Crippen molar-refractivity contribution >= 4 is 11.6 Å². The first-order valence-corrected chi connectivity index (χ1v) is 8.54. The molecule has 2 rings (SSSR count). The summed E-state index contributed by atoms with van der Waals surface area (Å²) in [7, 11) is 1.91. The zero-order chi connectivity index (χ0) is 18.1. The molecule has 0 aliphatic carbocycles. The van der Waals surface area contributed by atoms with Crippen LogP contribution in [0.15, 0.2) is 48.5 Å². The van der Waals surface area contributed by atoms with Crippen LogP contribution in [0.2, 0.25) is 5.02 Å². The average Bonchev–Trinajstić information content (AvgIpc) is 2.58. The third-order valence-corrected chi connectivity index (χ3v) is 3.77. The second-order valence-electron chi connectivity index (χ2n) is 5.82. The maximum Gasteiger partial charge on any atom is 0.165 e. The predicted molar refractivity (Wildman–Crippen MR) is 97.0 cm³/mol. The number of aliphatic hydroxyl groups is 1. The minimum Gasteiger partial charge on any atom is -0.493 e. The van der Waals surface area contributed by atoms with E-state index < -0.39 is 11.9 Å². The Morgan fingerprint density at radius 1 is 1.16 bits per heavy atom. The summed E-state index contributed by atoms with van der Waals surface area (Å²) in [6.45, 7) is 1.81. The molecule has 1 unspecified atom stereocenters. The van der Waals surface area contributed by atoms with Crippen molar-refractivity contribution in [3.8, 4) is 11.5 Å². The summed E-state index contributed by atoms with van der Waals surface area (Å²) < 4.78 is 24.4. The molecular weight excluding hydrogens is 345 g/mol. The summed E-state index contributed by atoms with van der Waals surface area (Å²) in [5, 5.41) is 10.6. The lowest BCUT2D eigenvalue weighted by molar-refractivity contribution is 0.0733. The van der Waals surface area contributed by atoms with Crippen LogP contribution in [-0.4, -0.2) is 49.5 Å². The second kappa shape index (κ2) is 10.2. The molecule has 1 atom stereocenters. The minimum atomic E-state index is -0.696. The van der Waals surface area contributed by atoms with E-state index in [1.807, 2.05) is 24.1 Å². The summed E-state index contributed by atoms with van der Waals surface area (Å²) in [6, 6.07) is 13.4. The first-order valence-electron chi connectivity index (χ1n) is 8.17. The van der Waals surface area contributed by atoms with Crippen LogP contribution in [0.3, 0.4) is 0 Å². The maximum atomic E-state index is 13.4. The molecule has 4 nitrogen and oxygen atoms in total. The Labute approximate surface area is 152 Å². The normalized spacial score (nSPS) is 12.2. The van der Waals surface area contributed by atoms with Gasteiger partial charge in [0.1, 0.15) is 18.5 Å². The molecule has 0 saturated carbocycles. The van der Waals surface area contributed by atoms with Crippen molar-refractivity contribution in [2.24, 2.45) is 0 Å². The predicted octanol–water partition coefficient (Wildman–Crippen LogP) is 3.62. The zero-order valence-electron chi connectivity index (χ0n) is 14.2. The van der Waals surface area contributed by atoms with Gasteiger partial charge in [-0.15, -0.1) is 0 Å². The number of aliphatic hydroxyl groups excluding tert-OH is 1. The quantitative estimate of drug-likeness (QED) is 0.651. The molecule has 0 fully saturated rings. The van der Waals surface area contributed by atoms with E-state index in [1.54, 1.807) is 30.3 Å². The number of hydrogen-bond acceptors (Lipinski definition) is 4. The van der Waals surface area contributed by atoms with Gasteiger partial charge in [0.25, 0.3) is 0 Å². The topological polar surface area (TPSA) is 41.9 Å². The molecule has 136 valence electrons. The number of hydrogen-bond donors (Lipinski definition) is 1. The van der Waals surface area contributed by atoms with Crippen LogP contribution < -0.4 is 9.47 Å². The van der Waals surface area contributed by atoms with Crippen molar-refractivity contribution in [1.82, 2.24) is 4.90 Å². The van der Waals surface area contributed by atoms with Gasteiger partial charge < -0.3 is 19.5 Å². The number of halogens is 2. The van der Waals surface area contributed by atoms with E-state index in [4.69, 9.17) is 21.1 Å². The lowest BCUT2D eigenvalue weighted by Gasteiger charge is -2.21. The Morgan fingerprint density at radius 3 is 2.72 bits per heavy atom. The Kier molecular flexibility index (Phi) is 7.98. The van der Waals surface area contributed by atoms with E-state index in [0.717, 1.165) is 18.7 Å². The first kappa shape index (κ1) is 19.5. The van der Waals surface area contributed by atoms with Crippen LogP contribution in [0.4, 0.5) is 4.39 Å². The Balaban J connectivity index is 1.61. The van der Waals surface area contributed by atoms with E-state index in [1.165, 1.54) is 6.07 Å². The van der Waals surface area contributed by atoms with Crippen molar-refractivity contribution < 1.29 is 19.0 Å². The largest absolute Gasteiger partial charge is 0.493 e. The Morgan fingerprint density at radius 2 is 1.96 bits per heavy atom. The smallest absolute Gasteiger partial charge is 0.165 e. The summed E-state index contributed by atoms with van der Waals surface area (Å²) in [6.07, 6.45) is 0.114. The SMILES string of the molecule is CN(CCCOc1cccc(Cl)c1)CC(O)COc1ccccc1F. The lowest BCUT2D eigenvalue weighted by Crippen LogP contribution is -2.34. The van der Waals surface area contributed by atoms with Gasteiger partial charge in [-0.1, -0.05) is 29.8 Å². The molecule has 1 N–H and O–H groups in total. The molecule has 0 saturated heterocycles. The van der Waals surface area contributed by atoms with Gasteiger partial charge in [-0.05, 0) is 43.8 Å². The summed E-state index contributed by atoms with van der Waals surface area (Å²) in [4.78, 5) is 1.98. The third kappa shape index (κ3) is 7.30. The van der Waals surface area contributed by atoms with Crippen molar-refractivity contribution in [3.05, 3.63) is 59.4 Å². The Hall–Kier alpha value is -1.82. The van der Waals surface area contributed by atoms with Gasteiger partial charge in [0.2, 0.25) is 0 Å². The summed E-state index contributed by atoms with van der Waals surface area (Å²) in [5.41, 5.74) is 0. The van der Waals surface area contributed by atoms with Crippen LogP contribution >= 0.6 is 11.6 Å². The monoisotopic (exact) mass is 367 g/mol. The van der Waals surface area contributed by atoms with Gasteiger partial charge in [-0.2, -0.15) is 0 Å². The number of nitrogens with zero attached hydrogens (tertiary/aromatic N) is 1. The molecule has 6 heteroatoms. The first-order chi connectivity index (χ1) is 12.0. The van der Waals surface area contributed by atoms with Gasteiger partial charge >= 0.3 is 0 Å². The summed E-state index contributed by atoms with van der Waals surface area (Å²) >= 11 is 5.90. The minimum absolute atomic E-state index is 0.0459. The summed E-state index contributed by atoms with van der Waals surface area (Å²) in [5.74, 6) is 0.466. The Bertz CT molecular complexity index is 656. The van der Waals surface area contributed by atoms with Gasteiger partial charge in [0.15, 0.2) is 11.6 Å². The van der Waals surface area contributed by atoms with E-state index in [9.17, 15) is 9.50 Å². The van der Waals surface area contributed by atoms with Gasteiger partial charge in [-0.3, -0.25) is 0 Å². The van der Waals surface area contributed by atoms with Gasteiger partial charge in [0.05, 0.1) is 6.61 Å². The molecule has 0 spiro atoms. The highest BCUT2D eigenvalue weighted by atomic mass is 35.5. The molecule has 2 aromatic carbocycles.